The Hall–Kier alpha value is -1.01. The number of amides is 1. The van der Waals surface area contributed by atoms with E-state index in [2.05, 4.69) is 15.9 Å². The van der Waals surface area contributed by atoms with Crippen LogP contribution < -0.4 is 0 Å². The fraction of sp³-hybridized carbons (Fsp3) is 0.462. The number of halogens is 3. The minimum absolute atomic E-state index is 0.0383. The molecular weight excluding hydrogens is 320 g/mol. The summed E-state index contributed by atoms with van der Waals surface area (Å²) in [5, 5.41) is 0. The zero-order valence-electron chi connectivity index (χ0n) is 10.8. The van der Waals surface area contributed by atoms with Crippen LogP contribution in [0.4, 0.5) is 8.78 Å². The van der Waals surface area contributed by atoms with Crippen molar-refractivity contribution < 1.29 is 18.3 Å². The molecule has 0 saturated carbocycles. The molecule has 0 saturated heterocycles. The summed E-state index contributed by atoms with van der Waals surface area (Å²) in [7, 11) is 3.24. The Balaban J connectivity index is 2.56. The third-order valence-corrected chi connectivity index (χ3v) is 3.14. The van der Waals surface area contributed by atoms with Crippen molar-refractivity contribution in [3.05, 3.63) is 35.4 Å². The summed E-state index contributed by atoms with van der Waals surface area (Å²) in [6, 6.07) is 3.48. The largest absolute Gasteiger partial charge is 0.383 e. The van der Waals surface area contributed by atoms with E-state index in [1.165, 1.54) is 11.0 Å². The molecule has 1 aromatic rings. The first-order valence-electron chi connectivity index (χ1n) is 5.75. The van der Waals surface area contributed by atoms with Gasteiger partial charge in [0.15, 0.2) is 11.6 Å². The van der Waals surface area contributed by atoms with Gasteiger partial charge in [-0.25, -0.2) is 8.78 Å². The first-order valence-corrected chi connectivity index (χ1v) is 6.66. The van der Waals surface area contributed by atoms with Gasteiger partial charge in [-0.15, -0.1) is 0 Å². The van der Waals surface area contributed by atoms with E-state index >= 15 is 0 Å². The number of ether oxygens (including phenoxy) is 1. The lowest BCUT2D eigenvalue weighted by Crippen LogP contribution is -2.34. The zero-order chi connectivity index (χ0) is 14.4. The normalized spacial score (nSPS) is 12.3. The summed E-state index contributed by atoms with van der Waals surface area (Å²) >= 11 is 3.39. The smallest absolute Gasteiger partial charge is 0.226 e. The molecular formula is C13H16BrF2NO2. The molecule has 0 bridgehead atoms. The van der Waals surface area contributed by atoms with E-state index in [1.54, 1.807) is 14.2 Å². The molecule has 1 rings (SSSR count). The number of likely N-dealkylation sites (N-methyl/N-ethyl adjacent to an activating group) is 1. The van der Waals surface area contributed by atoms with E-state index in [4.69, 9.17) is 4.74 Å². The predicted octanol–water partition coefficient (Wildman–Crippen LogP) is 2.38. The van der Waals surface area contributed by atoms with Crippen LogP contribution in [0.2, 0.25) is 0 Å². The monoisotopic (exact) mass is 335 g/mol. The van der Waals surface area contributed by atoms with Gasteiger partial charge in [0.1, 0.15) is 0 Å². The molecule has 0 aliphatic heterocycles. The number of benzene rings is 1. The van der Waals surface area contributed by atoms with E-state index < -0.39 is 11.6 Å². The van der Waals surface area contributed by atoms with Gasteiger partial charge in [-0.05, 0) is 17.7 Å². The van der Waals surface area contributed by atoms with Crippen LogP contribution in [-0.4, -0.2) is 42.9 Å². The number of hydrogen-bond donors (Lipinski definition) is 0. The molecule has 0 aromatic heterocycles. The van der Waals surface area contributed by atoms with Crippen LogP contribution in [-0.2, 0) is 16.0 Å². The Morgan fingerprint density at radius 3 is 2.68 bits per heavy atom. The SMILES string of the molecule is COCC(Br)CN(C)C(=O)Cc1ccc(F)c(F)c1. The summed E-state index contributed by atoms with van der Waals surface area (Å²) in [6.07, 6.45) is 0.0421. The first kappa shape index (κ1) is 16.0. The second-order valence-corrected chi connectivity index (χ2v) is 5.55. The lowest BCUT2D eigenvalue weighted by atomic mass is 10.1. The van der Waals surface area contributed by atoms with Crippen molar-refractivity contribution in [3.8, 4) is 0 Å². The van der Waals surface area contributed by atoms with Gasteiger partial charge < -0.3 is 9.64 Å². The summed E-state index contributed by atoms with van der Waals surface area (Å²) < 4.78 is 30.7. The van der Waals surface area contributed by atoms with Crippen molar-refractivity contribution in [2.45, 2.75) is 11.2 Å². The van der Waals surface area contributed by atoms with Crippen molar-refractivity contribution in [1.29, 1.82) is 0 Å². The van der Waals surface area contributed by atoms with Gasteiger partial charge >= 0.3 is 0 Å². The molecule has 0 radical (unpaired) electrons. The van der Waals surface area contributed by atoms with Gasteiger partial charge in [-0.1, -0.05) is 22.0 Å². The first-order chi connectivity index (χ1) is 8.93. The van der Waals surface area contributed by atoms with Gasteiger partial charge in [0.05, 0.1) is 17.9 Å². The van der Waals surface area contributed by atoms with Crippen molar-refractivity contribution in [1.82, 2.24) is 4.90 Å². The van der Waals surface area contributed by atoms with Gasteiger partial charge in [0.25, 0.3) is 0 Å². The molecule has 0 aliphatic rings. The molecule has 6 heteroatoms. The minimum Gasteiger partial charge on any atom is -0.383 e. The van der Waals surface area contributed by atoms with Crippen LogP contribution in [0.5, 0.6) is 0 Å². The third kappa shape index (κ3) is 5.24. The number of hydrogen-bond acceptors (Lipinski definition) is 2. The highest BCUT2D eigenvalue weighted by molar-refractivity contribution is 9.09. The van der Waals surface area contributed by atoms with Crippen LogP contribution >= 0.6 is 15.9 Å². The number of alkyl halides is 1. The molecule has 0 fully saturated rings. The number of carbonyl (C=O) groups excluding carboxylic acids is 1. The molecule has 19 heavy (non-hydrogen) atoms. The number of nitrogens with zero attached hydrogens (tertiary/aromatic N) is 1. The highest BCUT2D eigenvalue weighted by Gasteiger charge is 2.14. The fourth-order valence-electron chi connectivity index (χ4n) is 1.59. The maximum Gasteiger partial charge on any atom is 0.226 e. The molecule has 1 atom stereocenters. The molecule has 0 heterocycles. The number of carbonyl (C=O) groups is 1. The van der Waals surface area contributed by atoms with Gasteiger partial charge in [0.2, 0.25) is 5.91 Å². The number of methoxy groups -OCH3 is 1. The van der Waals surface area contributed by atoms with Crippen LogP contribution in [0.3, 0.4) is 0 Å². The summed E-state index contributed by atoms with van der Waals surface area (Å²) in [5.41, 5.74) is 0.452. The van der Waals surface area contributed by atoms with Crippen LogP contribution in [0.1, 0.15) is 5.56 Å². The Morgan fingerprint density at radius 1 is 1.42 bits per heavy atom. The predicted molar refractivity (Wildman–Crippen MR) is 72.3 cm³/mol. The third-order valence-electron chi connectivity index (χ3n) is 2.58. The quantitative estimate of drug-likeness (QED) is 0.747. The maximum atomic E-state index is 13.0. The topological polar surface area (TPSA) is 29.5 Å². The van der Waals surface area contributed by atoms with E-state index in [9.17, 15) is 13.6 Å². The van der Waals surface area contributed by atoms with E-state index in [0.717, 1.165) is 12.1 Å². The fourth-order valence-corrected chi connectivity index (χ4v) is 2.29. The Labute approximate surface area is 119 Å². The van der Waals surface area contributed by atoms with Gasteiger partial charge in [-0.3, -0.25) is 4.79 Å². The lowest BCUT2D eigenvalue weighted by molar-refractivity contribution is -0.129. The average Bonchev–Trinajstić information content (AvgIpc) is 2.34. The minimum atomic E-state index is -0.939. The van der Waals surface area contributed by atoms with Crippen LogP contribution in [0, 0.1) is 11.6 Å². The second-order valence-electron chi connectivity index (χ2n) is 4.25. The summed E-state index contributed by atoms with van der Waals surface area (Å²) in [5.74, 6) is -2.01. The van der Waals surface area contributed by atoms with Crippen molar-refractivity contribution in [2.75, 3.05) is 27.3 Å². The highest BCUT2D eigenvalue weighted by Crippen LogP contribution is 2.11. The zero-order valence-corrected chi connectivity index (χ0v) is 12.4. The Kier molecular flexibility index (Phi) is 6.37. The highest BCUT2D eigenvalue weighted by atomic mass is 79.9. The summed E-state index contributed by atoms with van der Waals surface area (Å²) in [4.78, 5) is 13.5. The Bertz CT molecular complexity index is 443. The molecule has 1 unspecified atom stereocenters. The van der Waals surface area contributed by atoms with Crippen molar-refractivity contribution >= 4 is 21.8 Å². The van der Waals surface area contributed by atoms with E-state index in [1.807, 2.05) is 0 Å². The van der Waals surface area contributed by atoms with Crippen molar-refractivity contribution in [2.24, 2.45) is 0 Å². The Morgan fingerprint density at radius 2 is 2.11 bits per heavy atom. The van der Waals surface area contributed by atoms with Crippen molar-refractivity contribution in [3.63, 3.8) is 0 Å². The van der Waals surface area contributed by atoms with Gasteiger partial charge in [0, 0.05) is 20.7 Å². The standard InChI is InChI=1S/C13H16BrF2NO2/c1-17(7-10(14)8-19-2)13(18)6-9-3-4-11(15)12(16)5-9/h3-5,10H,6-8H2,1-2H3. The molecule has 1 aromatic carbocycles. The maximum absolute atomic E-state index is 13.0. The average molecular weight is 336 g/mol. The summed E-state index contributed by atoms with van der Waals surface area (Å²) in [6.45, 7) is 0.971. The second kappa shape index (κ2) is 7.55. The van der Waals surface area contributed by atoms with Gasteiger partial charge in [-0.2, -0.15) is 0 Å². The molecule has 0 N–H and O–H groups in total. The molecule has 0 spiro atoms. The molecule has 0 aliphatic carbocycles. The number of rotatable bonds is 6. The van der Waals surface area contributed by atoms with Crippen LogP contribution in [0.15, 0.2) is 18.2 Å². The molecule has 3 nitrogen and oxygen atoms in total. The van der Waals surface area contributed by atoms with E-state index in [-0.39, 0.29) is 17.2 Å². The van der Waals surface area contributed by atoms with Crippen LogP contribution in [0.25, 0.3) is 0 Å². The molecule has 106 valence electrons. The van der Waals surface area contributed by atoms with E-state index in [0.29, 0.717) is 18.7 Å². The molecule has 1 amide bonds. The lowest BCUT2D eigenvalue weighted by Gasteiger charge is -2.20.